The standard InChI is InChI=1S/C19H30NO2.BrH/c1-5-20(6-2,16-18-12-8-7-9-13-18)14-10-11-15-22-19(21)17(3)4;/h7-9,12-13H,3,5-6,10-11,14-16H2,1-2,4H3;1H/q+1;/p-1. The molecule has 0 aliphatic rings. The van der Waals surface area contributed by atoms with Gasteiger partial charge >= 0.3 is 5.97 Å². The monoisotopic (exact) mass is 383 g/mol. The molecule has 1 rings (SSSR count). The Bertz CT molecular complexity index is 470. The van der Waals surface area contributed by atoms with E-state index in [1.54, 1.807) is 6.92 Å². The summed E-state index contributed by atoms with van der Waals surface area (Å²) >= 11 is 0. The highest BCUT2D eigenvalue weighted by molar-refractivity contribution is 5.86. The molecule has 1 aromatic rings. The molecule has 0 fully saturated rings. The number of carbonyl (C=O) groups is 1. The van der Waals surface area contributed by atoms with Crippen molar-refractivity contribution in [2.75, 3.05) is 26.2 Å². The molecule has 0 spiro atoms. The van der Waals surface area contributed by atoms with Crippen LogP contribution in [0.5, 0.6) is 0 Å². The van der Waals surface area contributed by atoms with Crippen LogP contribution in [-0.2, 0) is 16.1 Å². The largest absolute Gasteiger partial charge is 1.00 e. The van der Waals surface area contributed by atoms with Crippen molar-refractivity contribution in [3.63, 3.8) is 0 Å². The molecule has 1 aromatic carbocycles. The van der Waals surface area contributed by atoms with Crippen molar-refractivity contribution in [2.24, 2.45) is 0 Å². The fraction of sp³-hybridized carbons (Fsp3) is 0.526. The quantitative estimate of drug-likeness (QED) is 0.260. The minimum Gasteiger partial charge on any atom is -1.00 e. The number of benzene rings is 1. The summed E-state index contributed by atoms with van der Waals surface area (Å²) in [5, 5.41) is 0. The second-order valence-corrected chi connectivity index (χ2v) is 5.96. The minimum absolute atomic E-state index is 0. The molecule has 0 saturated carbocycles. The zero-order chi connectivity index (χ0) is 16.4. The van der Waals surface area contributed by atoms with Gasteiger partial charge in [-0.05, 0) is 33.6 Å². The van der Waals surface area contributed by atoms with E-state index in [-0.39, 0.29) is 23.0 Å². The first-order valence-corrected chi connectivity index (χ1v) is 8.24. The SMILES string of the molecule is C=C(C)C(=O)OCCCC[N+](CC)(CC)Cc1ccccc1.[Br-]. The lowest BCUT2D eigenvalue weighted by atomic mass is 10.1. The van der Waals surface area contributed by atoms with Crippen molar-refractivity contribution >= 4 is 5.97 Å². The number of quaternary nitrogens is 1. The maximum absolute atomic E-state index is 11.3. The normalized spacial score (nSPS) is 10.7. The van der Waals surface area contributed by atoms with Crippen molar-refractivity contribution in [3.05, 3.63) is 48.0 Å². The van der Waals surface area contributed by atoms with Crippen LogP contribution in [-0.4, -0.2) is 36.7 Å². The number of rotatable bonds is 10. The Labute approximate surface area is 151 Å². The molecule has 3 nitrogen and oxygen atoms in total. The Balaban J connectivity index is 0.00000484. The van der Waals surface area contributed by atoms with Gasteiger partial charge in [0.05, 0.1) is 26.2 Å². The van der Waals surface area contributed by atoms with Crippen molar-refractivity contribution in [1.82, 2.24) is 0 Å². The van der Waals surface area contributed by atoms with E-state index >= 15 is 0 Å². The summed E-state index contributed by atoms with van der Waals surface area (Å²) in [5.41, 5.74) is 1.86. The molecular weight excluding hydrogens is 354 g/mol. The predicted octanol–water partition coefficient (Wildman–Crippen LogP) is 0.947. The highest BCUT2D eigenvalue weighted by atomic mass is 79.9. The Morgan fingerprint density at radius 2 is 1.74 bits per heavy atom. The van der Waals surface area contributed by atoms with Crippen LogP contribution >= 0.6 is 0 Å². The summed E-state index contributed by atoms with van der Waals surface area (Å²) in [4.78, 5) is 11.3. The highest BCUT2D eigenvalue weighted by Crippen LogP contribution is 2.16. The molecule has 0 aliphatic heterocycles. The van der Waals surface area contributed by atoms with Gasteiger partial charge in [0.1, 0.15) is 6.54 Å². The topological polar surface area (TPSA) is 26.3 Å². The second kappa shape index (κ2) is 11.4. The zero-order valence-electron chi connectivity index (χ0n) is 14.7. The molecule has 4 heteroatoms. The van der Waals surface area contributed by atoms with E-state index in [2.05, 4.69) is 50.8 Å². The van der Waals surface area contributed by atoms with Crippen LogP contribution in [0.3, 0.4) is 0 Å². The molecule has 0 heterocycles. The van der Waals surface area contributed by atoms with Gasteiger partial charge in [-0.2, -0.15) is 0 Å². The average Bonchev–Trinajstić information content (AvgIpc) is 2.54. The predicted molar refractivity (Wildman–Crippen MR) is 91.4 cm³/mol. The number of hydrogen-bond acceptors (Lipinski definition) is 2. The van der Waals surface area contributed by atoms with Gasteiger partial charge in [-0.3, -0.25) is 0 Å². The third-order valence-corrected chi connectivity index (χ3v) is 4.31. The van der Waals surface area contributed by atoms with Crippen molar-refractivity contribution in [3.8, 4) is 0 Å². The van der Waals surface area contributed by atoms with Gasteiger partial charge in [-0.15, -0.1) is 0 Å². The molecular formula is C19H30BrNO2. The Morgan fingerprint density at radius 3 is 2.26 bits per heavy atom. The number of ether oxygens (including phenoxy) is 1. The first kappa shape index (κ1) is 21.9. The summed E-state index contributed by atoms with van der Waals surface area (Å²) in [6.07, 6.45) is 1.98. The van der Waals surface area contributed by atoms with Gasteiger partial charge in [-0.1, -0.05) is 36.9 Å². The second-order valence-electron chi connectivity index (χ2n) is 5.96. The van der Waals surface area contributed by atoms with Gasteiger partial charge in [0.2, 0.25) is 0 Å². The third kappa shape index (κ3) is 7.80. The fourth-order valence-corrected chi connectivity index (χ4v) is 2.65. The number of nitrogens with zero attached hydrogens (tertiary/aromatic N) is 1. The van der Waals surface area contributed by atoms with E-state index in [4.69, 9.17) is 4.74 Å². The number of esters is 1. The van der Waals surface area contributed by atoms with Crippen molar-refractivity contribution in [1.29, 1.82) is 0 Å². The zero-order valence-corrected chi connectivity index (χ0v) is 16.3. The number of carbonyl (C=O) groups excluding carboxylic acids is 1. The van der Waals surface area contributed by atoms with Crippen LogP contribution in [0.4, 0.5) is 0 Å². The van der Waals surface area contributed by atoms with Gasteiger partial charge < -0.3 is 26.2 Å². The van der Waals surface area contributed by atoms with E-state index in [9.17, 15) is 4.79 Å². The van der Waals surface area contributed by atoms with Gasteiger partial charge in [0.25, 0.3) is 0 Å². The number of halogens is 1. The van der Waals surface area contributed by atoms with Crippen LogP contribution in [0.2, 0.25) is 0 Å². The molecule has 0 atom stereocenters. The summed E-state index contributed by atoms with van der Waals surface area (Å²) in [6, 6.07) is 10.7. The fourth-order valence-electron chi connectivity index (χ4n) is 2.65. The van der Waals surface area contributed by atoms with Gasteiger partial charge in [-0.25, -0.2) is 4.79 Å². The molecule has 23 heavy (non-hydrogen) atoms. The molecule has 0 aliphatic carbocycles. The molecule has 130 valence electrons. The minimum atomic E-state index is -0.281. The summed E-state index contributed by atoms with van der Waals surface area (Å²) in [5.74, 6) is -0.281. The lowest BCUT2D eigenvalue weighted by Gasteiger charge is -2.37. The average molecular weight is 384 g/mol. The molecule has 0 unspecified atom stereocenters. The maximum Gasteiger partial charge on any atom is 0.333 e. The van der Waals surface area contributed by atoms with Gasteiger partial charge in [0.15, 0.2) is 0 Å². The van der Waals surface area contributed by atoms with E-state index in [1.165, 1.54) is 5.56 Å². The third-order valence-electron chi connectivity index (χ3n) is 4.31. The van der Waals surface area contributed by atoms with Crippen molar-refractivity contribution < 1.29 is 31.0 Å². The molecule has 0 amide bonds. The lowest BCUT2D eigenvalue weighted by Crippen LogP contribution is -3.00. The lowest BCUT2D eigenvalue weighted by molar-refractivity contribution is -0.938. The molecule has 0 N–H and O–H groups in total. The van der Waals surface area contributed by atoms with E-state index < -0.39 is 0 Å². The summed E-state index contributed by atoms with van der Waals surface area (Å²) in [6.45, 7) is 14.7. The number of hydrogen-bond donors (Lipinski definition) is 0. The Hall–Kier alpha value is -1.13. The van der Waals surface area contributed by atoms with E-state index in [0.717, 1.165) is 43.5 Å². The number of unbranched alkanes of at least 4 members (excludes halogenated alkanes) is 1. The van der Waals surface area contributed by atoms with Crippen LogP contribution < -0.4 is 17.0 Å². The Kier molecular flexibility index (Phi) is 10.9. The first-order valence-electron chi connectivity index (χ1n) is 8.24. The Morgan fingerprint density at radius 1 is 1.13 bits per heavy atom. The molecule has 0 radical (unpaired) electrons. The van der Waals surface area contributed by atoms with Crippen LogP contribution in [0.25, 0.3) is 0 Å². The van der Waals surface area contributed by atoms with E-state index in [1.807, 2.05) is 0 Å². The highest BCUT2D eigenvalue weighted by Gasteiger charge is 2.23. The molecule has 0 saturated heterocycles. The first-order chi connectivity index (χ1) is 10.5. The summed E-state index contributed by atoms with van der Waals surface area (Å²) in [7, 11) is 0. The van der Waals surface area contributed by atoms with Crippen LogP contribution in [0.1, 0.15) is 39.2 Å². The van der Waals surface area contributed by atoms with Crippen LogP contribution in [0.15, 0.2) is 42.5 Å². The molecule has 0 bridgehead atoms. The van der Waals surface area contributed by atoms with Crippen molar-refractivity contribution in [2.45, 2.75) is 40.2 Å². The smallest absolute Gasteiger partial charge is 0.333 e. The summed E-state index contributed by atoms with van der Waals surface area (Å²) < 4.78 is 6.24. The van der Waals surface area contributed by atoms with E-state index in [0.29, 0.717) is 12.2 Å². The van der Waals surface area contributed by atoms with Crippen LogP contribution in [0, 0.1) is 0 Å². The maximum atomic E-state index is 11.3. The van der Waals surface area contributed by atoms with Gasteiger partial charge in [0, 0.05) is 11.1 Å². The molecule has 0 aromatic heterocycles.